The largest absolute Gasteiger partial charge is 0.491 e. The molecule has 2 N–H and O–H groups in total. The molecule has 4 nitrogen and oxygen atoms in total. The van der Waals surface area contributed by atoms with E-state index in [-0.39, 0.29) is 11.5 Å². The topological polar surface area (TPSA) is 58.3 Å². The smallest absolute Gasteiger partial charge is 0.423 e. The van der Waals surface area contributed by atoms with Crippen LogP contribution in [-0.2, 0) is 0 Å². The molecule has 0 radical (unpaired) electrons. The molecule has 0 unspecified atom stereocenters. The van der Waals surface area contributed by atoms with E-state index in [9.17, 15) is 4.39 Å². The summed E-state index contributed by atoms with van der Waals surface area (Å²) in [6.07, 6.45) is 0. The van der Waals surface area contributed by atoms with E-state index < -0.39 is 12.9 Å². The molecule has 0 fully saturated rings. The average molecular weight is 236 g/mol. The minimum absolute atomic E-state index is 0.147. The molecule has 0 bridgehead atoms. The van der Waals surface area contributed by atoms with Crippen LogP contribution in [0.25, 0.3) is 11.0 Å². The predicted molar refractivity (Wildman–Crippen MR) is 64.6 cm³/mol. The van der Waals surface area contributed by atoms with Crippen LogP contribution < -0.4 is 5.46 Å². The summed E-state index contributed by atoms with van der Waals surface area (Å²) in [6, 6.07) is 2.84. The standard InChI is InChI=1S/C11H14BFN2O2/c1-6(2)15-7(3)14-10-4-8(12(16)17)9(13)5-11(10)15/h4-6,16-17H,1-3H3. The van der Waals surface area contributed by atoms with Gasteiger partial charge in [-0.25, -0.2) is 9.37 Å². The Balaban J connectivity index is 2.74. The number of imidazole rings is 1. The van der Waals surface area contributed by atoms with Crippen molar-refractivity contribution in [1.29, 1.82) is 0 Å². The SMILES string of the molecule is Cc1nc2cc(B(O)O)c(F)cc2n1C(C)C. The number of hydrogen-bond acceptors (Lipinski definition) is 3. The molecule has 0 amide bonds. The first-order chi connectivity index (χ1) is 7.91. The van der Waals surface area contributed by atoms with E-state index in [1.165, 1.54) is 12.1 Å². The first-order valence-electron chi connectivity index (χ1n) is 5.46. The fraction of sp³-hybridized carbons (Fsp3) is 0.364. The quantitative estimate of drug-likeness (QED) is 0.756. The third kappa shape index (κ3) is 1.94. The Morgan fingerprint density at radius 2 is 2.00 bits per heavy atom. The van der Waals surface area contributed by atoms with E-state index in [0.717, 1.165) is 5.82 Å². The van der Waals surface area contributed by atoms with Gasteiger partial charge in [0.2, 0.25) is 0 Å². The normalized spacial score (nSPS) is 11.5. The molecule has 1 heterocycles. The Labute approximate surface area is 98.9 Å². The summed E-state index contributed by atoms with van der Waals surface area (Å²) >= 11 is 0. The van der Waals surface area contributed by atoms with Crippen molar-refractivity contribution < 1.29 is 14.4 Å². The number of benzene rings is 1. The summed E-state index contributed by atoms with van der Waals surface area (Å²) in [5, 5.41) is 18.1. The van der Waals surface area contributed by atoms with Gasteiger partial charge in [0.1, 0.15) is 11.6 Å². The second kappa shape index (κ2) is 4.12. The third-order valence-corrected chi connectivity index (χ3v) is 2.78. The van der Waals surface area contributed by atoms with Crippen LogP contribution in [0.1, 0.15) is 25.7 Å². The molecule has 0 aliphatic heterocycles. The summed E-state index contributed by atoms with van der Waals surface area (Å²) in [5.74, 6) is 0.147. The molecule has 17 heavy (non-hydrogen) atoms. The van der Waals surface area contributed by atoms with E-state index in [0.29, 0.717) is 11.0 Å². The molecule has 6 heteroatoms. The number of nitrogens with zero attached hydrogens (tertiary/aromatic N) is 2. The summed E-state index contributed by atoms with van der Waals surface area (Å²) < 4.78 is 15.6. The maximum absolute atomic E-state index is 13.7. The Morgan fingerprint density at radius 1 is 1.35 bits per heavy atom. The van der Waals surface area contributed by atoms with Crippen molar-refractivity contribution in [2.45, 2.75) is 26.8 Å². The van der Waals surface area contributed by atoms with Gasteiger partial charge in [-0.05, 0) is 32.9 Å². The van der Waals surface area contributed by atoms with Gasteiger partial charge in [-0.2, -0.15) is 0 Å². The fourth-order valence-corrected chi connectivity index (χ4v) is 2.10. The van der Waals surface area contributed by atoms with Crippen LogP contribution in [-0.4, -0.2) is 26.7 Å². The lowest BCUT2D eigenvalue weighted by Gasteiger charge is -2.11. The van der Waals surface area contributed by atoms with Crippen molar-refractivity contribution in [3.05, 3.63) is 23.8 Å². The molecule has 2 aromatic rings. The highest BCUT2D eigenvalue weighted by atomic mass is 19.1. The van der Waals surface area contributed by atoms with E-state index in [1.54, 1.807) is 0 Å². The van der Waals surface area contributed by atoms with E-state index in [2.05, 4.69) is 4.98 Å². The van der Waals surface area contributed by atoms with Gasteiger partial charge in [0.05, 0.1) is 11.0 Å². The van der Waals surface area contributed by atoms with Crippen molar-refractivity contribution in [2.75, 3.05) is 0 Å². The maximum Gasteiger partial charge on any atom is 0.491 e. The molecule has 0 saturated heterocycles. The molecule has 1 aromatic heterocycles. The monoisotopic (exact) mass is 236 g/mol. The van der Waals surface area contributed by atoms with E-state index in [4.69, 9.17) is 10.0 Å². The molecule has 0 aliphatic carbocycles. The summed E-state index contributed by atoms with van der Waals surface area (Å²) in [5.41, 5.74) is 1.09. The number of fused-ring (bicyclic) bond motifs is 1. The lowest BCUT2D eigenvalue weighted by Crippen LogP contribution is -2.32. The lowest BCUT2D eigenvalue weighted by molar-refractivity contribution is 0.423. The average Bonchev–Trinajstić information content (AvgIpc) is 2.51. The Hall–Kier alpha value is -1.40. The van der Waals surface area contributed by atoms with Gasteiger partial charge in [0, 0.05) is 11.5 Å². The highest BCUT2D eigenvalue weighted by Crippen LogP contribution is 2.20. The predicted octanol–water partition coefficient (Wildman–Crippen LogP) is 0.745. The second-order valence-corrected chi connectivity index (χ2v) is 4.36. The summed E-state index contributed by atoms with van der Waals surface area (Å²) in [6.45, 7) is 5.81. The zero-order chi connectivity index (χ0) is 12.7. The number of aromatic nitrogens is 2. The third-order valence-electron chi connectivity index (χ3n) is 2.78. The zero-order valence-electron chi connectivity index (χ0n) is 9.98. The van der Waals surface area contributed by atoms with Crippen LogP contribution in [0.4, 0.5) is 4.39 Å². The van der Waals surface area contributed by atoms with Crippen LogP contribution in [0.5, 0.6) is 0 Å². The van der Waals surface area contributed by atoms with E-state index in [1.807, 2.05) is 25.3 Å². The van der Waals surface area contributed by atoms with Gasteiger partial charge in [-0.15, -0.1) is 0 Å². The number of halogens is 1. The Kier molecular flexibility index (Phi) is 2.93. The van der Waals surface area contributed by atoms with E-state index >= 15 is 0 Å². The lowest BCUT2D eigenvalue weighted by atomic mass is 9.79. The first-order valence-corrected chi connectivity index (χ1v) is 5.46. The van der Waals surface area contributed by atoms with Gasteiger partial charge in [-0.3, -0.25) is 0 Å². The molecular formula is C11H14BFN2O2. The van der Waals surface area contributed by atoms with Crippen molar-refractivity contribution >= 4 is 23.6 Å². The number of rotatable bonds is 2. The minimum atomic E-state index is -1.82. The second-order valence-electron chi connectivity index (χ2n) is 4.36. The van der Waals surface area contributed by atoms with Crippen LogP contribution >= 0.6 is 0 Å². The summed E-state index contributed by atoms with van der Waals surface area (Å²) in [7, 11) is -1.82. The number of hydrogen-bond donors (Lipinski definition) is 2. The van der Waals surface area contributed by atoms with Crippen molar-refractivity contribution in [2.24, 2.45) is 0 Å². The van der Waals surface area contributed by atoms with Crippen molar-refractivity contribution in [1.82, 2.24) is 9.55 Å². The van der Waals surface area contributed by atoms with Crippen LogP contribution in [0.3, 0.4) is 0 Å². The van der Waals surface area contributed by atoms with Gasteiger partial charge < -0.3 is 14.6 Å². The van der Waals surface area contributed by atoms with Gasteiger partial charge >= 0.3 is 7.12 Å². The summed E-state index contributed by atoms with van der Waals surface area (Å²) in [4.78, 5) is 4.29. The van der Waals surface area contributed by atoms with Crippen LogP contribution in [0.15, 0.2) is 12.1 Å². The first kappa shape index (κ1) is 12.1. The molecule has 0 spiro atoms. The number of aryl methyl sites for hydroxylation is 1. The Bertz CT molecular complexity index is 566. The minimum Gasteiger partial charge on any atom is -0.423 e. The van der Waals surface area contributed by atoms with Crippen molar-refractivity contribution in [3.8, 4) is 0 Å². The highest BCUT2D eigenvalue weighted by Gasteiger charge is 2.20. The highest BCUT2D eigenvalue weighted by molar-refractivity contribution is 6.59. The van der Waals surface area contributed by atoms with Gasteiger partial charge in [0.25, 0.3) is 0 Å². The van der Waals surface area contributed by atoms with Gasteiger partial charge in [0.15, 0.2) is 0 Å². The molecule has 0 atom stereocenters. The maximum atomic E-state index is 13.7. The molecule has 90 valence electrons. The fourth-order valence-electron chi connectivity index (χ4n) is 2.10. The Morgan fingerprint density at radius 3 is 2.53 bits per heavy atom. The molecule has 1 aromatic carbocycles. The van der Waals surface area contributed by atoms with Gasteiger partial charge in [-0.1, -0.05) is 0 Å². The molecule has 2 rings (SSSR count). The molecular weight excluding hydrogens is 222 g/mol. The molecule has 0 saturated carbocycles. The van der Waals surface area contributed by atoms with Crippen LogP contribution in [0.2, 0.25) is 0 Å². The van der Waals surface area contributed by atoms with Crippen molar-refractivity contribution in [3.63, 3.8) is 0 Å². The van der Waals surface area contributed by atoms with Crippen LogP contribution in [0, 0.1) is 12.7 Å². The zero-order valence-corrected chi connectivity index (χ0v) is 9.98. The molecule has 0 aliphatic rings.